The molecule has 3 nitrogen and oxygen atoms in total. The Labute approximate surface area is 110 Å². The third-order valence-electron chi connectivity index (χ3n) is 3.73. The highest BCUT2D eigenvalue weighted by Crippen LogP contribution is 2.20. The SMILES string of the molecule is S=C(NCCOC1CCCC1)NC1CCCC1. The predicted octanol–water partition coefficient (Wildman–Crippen LogP) is 2.35. The van der Waals surface area contributed by atoms with Gasteiger partial charge in [-0.3, -0.25) is 0 Å². The van der Waals surface area contributed by atoms with Crippen molar-refractivity contribution < 1.29 is 4.74 Å². The monoisotopic (exact) mass is 256 g/mol. The largest absolute Gasteiger partial charge is 0.376 e. The van der Waals surface area contributed by atoms with Gasteiger partial charge in [0, 0.05) is 12.6 Å². The summed E-state index contributed by atoms with van der Waals surface area (Å²) in [5, 5.41) is 7.40. The Hall–Kier alpha value is -0.350. The average molecular weight is 256 g/mol. The molecule has 98 valence electrons. The lowest BCUT2D eigenvalue weighted by atomic mass is 10.3. The van der Waals surface area contributed by atoms with Gasteiger partial charge in [0.15, 0.2) is 5.11 Å². The number of rotatable bonds is 5. The fraction of sp³-hybridized carbons (Fsp3) is 0.923. The molecule has 2 rings (SSSR count). The predicted molar refractivity (Wildman–Crippen MR) is 74.2 cm³/mol. The number of nitrogens with one attached hydrogen (secondary N) is 2. The Morgan fingerprint density at radius 1 is 1.06 bits per heavy atom. The van der Waals surface area contributed by atoms with Gasteiger partial charge in [-0.1, -0.05) is 25.7 Å². The molecule has 0 aromatic carbocycles. The third-order valence-corrected chi connectivity index (χ3v) is 4.00. The fourth-order valence-electron chi connectivity index (χ4n) is 2.75. The van der Waals surface area contributed by atoms with E-state index in [-0.39, 0.29) is 0 Å². The number of hydrogen-bond acceptors (Lipinski definition) is 2. The molecule has 4 heteroatoms. The van der Waals surface area contributed by atoms with Crippen molar-refractivity contribution in [2.45, 2.75) is 63.5 Å². The van der Waals surface area contributed by atoms with Gasteiger partial charge in [0.2, 0.25) is 0 Å². The molecule has 2 aliphatic rings. The van der Waals surface area contributed by atoms with E-state index in [4.69, 9.17) is 17.0 Å². The average Bonchev–Trinajstić information content (AvgIpc) is 2.96. The molecule has 0 aliphatic heterocycles. The van der Waals surface area contributed by atoms with Gasteiger partial charge < -0.3 is 15.4 Å². The van der Waals surface area contributed by atoms with E-state index in [0.29, 0.717) is 12.1 Å². The van der Waals surface area contributed by atoms with E-state index >= 15 is 0 Å². The topological polar surface area (TPSA) is 33.3 Å². The lowest BCUT2D eigenvalue weighted by Crippen LogP contribution is -2.42. The zero-order chi connectivity index (χ0) is 11.9. The van der Waals surface area contributed by atoms with Crippen molar-refractivity contribution >= 4 is 17.3 Å². The van der Waals surface area contributed by atoms with Crippen LogP contribution in [0.3, 0.4) is 0 Å². The number of hydrogen-bond donors (Lipinski definition) is 2. The van der Waals surface area contributed by atoms with Crippen LogP contribution in [0.4, 0.5) is 0 Å². The fourth-order valence-corrected chi connectivity index (χ4v) is 3.02. The molecule has 0 spiro atoms. The molecule has 0 saturated heterocycles. The maximum Gasteiger partial charge on any atom is 0.166 e. The van der Waals surface area contributed by atoms with Crippen LogP contribution in [0, 0.1) is 0 Å². The molecule has 0 heterocycles. The van der Waals surface area contributed by atoms with Crippen molar-refractivity contribution in [1.82, 2.24) is 10.6 Å². The minimum atomic E-state index is 0.508. The highest BCUT2D eigenvalue weighted by atomic mass is 32.1. The molecule has 17 heavy (non-hydrogen) atoms. The molecule has 0 unspecified atom stereocenters. The van der Waals surface area contributed by atoms with E-state index in [0.717, 1.165) is 18.3 Å². The van der Waals surface area contributed by atoms with Crippen LogP contribution in [0.25, 0.3) is 0 Å². The summed E-state index contributed by atoms with van der Waals surface area (Å²) in [4.78, 5) is 0. The number of ether oxygens (including phenoxy) is 1. The highest BCUT2D eigenvalue weighted by Gasteiger charge is 2.16. The summed E-state index contributed by atoms with van der Waals surface area (Å²) < 4.78 is 5.77. The molecule has 2 N–H and O–H groups in total. The van der Waals surface area contributed by atoms with E-state index in [9.17, 15) is 0 Å². The number of thiocarbonyl (C=S) groups is 1. The van der Waals surface area contributed by atoms with Crippen molar-refractivity contribution in [2.75, 3.05) is 13.2 Å². The van der Waals surface area contributed by atoms with Crippen LogP contribution in [0.1, 0.15) is 51.4 Å². The van der Waals surface area contributed by atoms with Crippen LogP contribution in [-0.2, 0) is 4.74 Å². The van der Waals surface area contributed by atoms with Crippen LogP contribution in [0.15, 0.2) is 0 Å². The van der Waals surface area contributed by atoms with Crippen molar-refractivity contribution in [3.05, 3.63) is 0 Å². The van der Waals surface area contributed by atoms with Crippen molar-refractivity contribution in [2.24, 2.45) is 0 Å². The smallest absolute Gasteiger partial charge is 0.166 e. The van der Waals surface area contributed by atoms with Gasteiger partial charge in [-0.25, -0.2) is 0 Å². The van der Waals surface area contributed by atoms with Gasteiger partial charge in [-0.2, -0.15) is 0 Å². The Kier molecular flexibility index (Phi) is 5.52. The summed E-state index contributed by atoms with van der Waals surface area (Å²) in [5.74, 6) is 0. The van der Waals surface area contributed by atoms with Crippen molar-refractivity contribution in [3.8, 4) is 0 Å². The lowest BCUT2D eigenvalue weighted by Gasteiger charge is -2.16. The molecule has 2 saturated carbocycles. The van der Waals surface area contributed by atoms with Crippen LogP contribution < -0.4 is 10.6 Å². The highest BCUT2D eigenvalue weighted by molar-refractivity contribution is 7.80. The van der Waals surface area contributed by atoms with Crippen LogP contribution >= 0.6 is 12.2 Å². The summed E-state index contributed by atoms with van der Waals surface area (Å²) in [6.07, 6.45) is 10.9. The first kappa shape index (κ1) is 13.1. The zero-order valence-corrected chi connectivity index (χ0v) is 11.4. The van der Waals surface area contributed by atoms with Gasteiger partial charge in [-0.15, -0.1) is 0 Å². The molecule has 2 fully saturated rings. The van der Waals surface area contributed by atoms with Gasteiger partial charge in [0.25, 0.3) is 0 Å². The van der Waals surface area contributed by atoms with Gasteiger partial charge >= 0.3 is 0 Å². The van der Waals surface area contributed by atoms with Crippen molar-refractivity contribution in [3.63, 3.8) is 0 Å². The van der Waals surface area contributed by atoms with E-state index in [1.54, 1.807) is 0 Å². The molecule has 2 aliphatic carbocycles. The standard InChI is InChI=1S/C13H24N2OS/c17-13(15-11-5-1-2-6-11)14-9-10-16-12-7-3-4-8-12/h11-12H,1-10H2,(H2,14,15,17). The summed E-state index contributed by atoms with van der Waals surface area (Å²) in [6.45, 7) is 1.60. The maximum atomic E-state index is 5.77. The molecule has 0 aromatic rings. The van der Waals surface area contributed by atoms with Crippen LogP contribution in [0.5, 0.6) is 0 Å². The second kappa shape index (κ2) is 7.17. The van der Waals surface area contributed by atoms with E-state index in [1.165, 1.54) is 51.4 Å². The summed E-state index contributed by atoms with van der Waals surface area (Å²) >= 11 is 5.26. The van der Waals surface area contributed by atoms with E-state index < -0.39 is 0 Å². The van der Waals surface area contributed by atoms with Crippen LogP contribution in [-0.4, -0.2) is 30.4 Å². The molecule has 0 amide bonds. The zero-order valence-electron chi connectivity index (χ0n) is 10.5. The molecule has 0 aromatic heterocycles. The van der Waals surface area contributed by atoms with Crippen molar-refractivity contribution in [1.29, 1.82) is 0 Å². The summed E-state index contributed by atoms with van der Waals surface area (Å²) in [5.41, 5.74) is 0. The normalized spacial score (nSPS) is 21.9. The van der Waals surface area contributed by atoms with E-state index in [1.807, 2.05) is 0 Å². The Bertz CT molecular complexity index is 236. The van der Waals surface area contributed by atoms with Gasteiger partial charge in [-0.05, 0) is 37.9 Å². The molecule has 0 atom stereocenters. The lowest BCUT2D eigenvalue weighted by molar-refractivity contribution is 0.0623. The Balaban J connectivity index is 1.47. The van der Waals surface area contributed by atoms with E-state index in [2.05, 4.69) is 10.6 Å². The maximum absolute atomic E-state index is 5.77. The Morgan fingerprint density at radius 3 is 2.41 bits per heavy atom. The first-order valence-corrected chi connectivity index (χ1v) is 7.41. The molecular weight excluding hydrogens is 232 g/mol. The summed E-state index contributed by atoms with van der Waals surface area (Å²) in [6, 6.07) is 0.603. The minimum Gasteiger partial charge on any atom is -0.376 e. The second-order valence-corrected chi connectivity index (χ2v) is 5.57. The molecule has 0 bridgehead atoms. The molecule has 0 radical (unpaired) electrons. The minimum absolute atomic E-state index is 0.508. The van der Waals surface area contributed by atoms with Gasteiger partial charge in [0.05, 0.1) is 12.7 Å². The Morgan fingerprint density at radius 2 is 1.71 bits per heavy atom. The summed E-state index contributed by atoms with van der Waals surface area (Å²) in [7, 11) is 0. The van der Waals surface area contributed by atoms with Gasteiger partial charge in [0.1, 0.15) is 0 Å². The van der Waals surface area contributed by atoms with Crippen LogP contribution in [0.2, 0.25) is 0 Å². The third kappa shape index (κ3) is 4.80. The first-order chi connectivity index (χ1) is 8.34. The second-order valence-electron chi connectivity index (χ2n) is 5.16. The first-order valence-electron chi connectivity index (χ1n) is 7.00. The molecular formula is C13H24N2OS. The quantitative estimate of drug-likeness (QED) is 0.584.